The fourth-order valence-electron chi connectivity index (χ4n) is 1.68. The van der Waals surface area contributed by atoms with Crippen molar-refractivity contribution in [1.82, 2.24) is 10.3 Å². The Morgan fingerprint density at radius 1 is 1.56 bits per heavy atom. The Kier molecular flexibility index (Phi) is 3.40. The number of carbonyl (C=O) groups is 1. The third kappa shape index (κ3) is 2.51. The van der Waals surface area contributed by atoms with Gasteiger partial charge in [0.1, 0.15) is 5.69 Å². The summed E-state index contributed by atoms with van der Waals surface area (Å²) in [5, 5.41) is 5.69. The molecule has 1 amide bonds. The Labute approximate surface area is 101 Å². The van der Waals surface area contributed by atoms with Gasteiger partial charge in [-0.15, -0.1) is 0 Å². The van der Waals surface area contributed by atoms with Crippen molar-refractivity contribution in [3.63, 3.8) is 0 Å². The van der Waals surface area contributed by atoms with Gasteiger partial charge in [0.15, 0.2) is 0 Å². The number of aromatic amines is 1. The summed E-state index contributed by atoms with van der Waals surface area (Å²) in [6, 6.07) is 1.41. The van der Waals surface area contributed by atoms with Gasteiger partial charge in [0.2, 0.25) is 5.91 Å². The summed E-state index contributed by atoms with van der Waals surface area (Å²) in [6.07, 6.45) is 3.34. The summed E-state index contributed by atoms with van der Waals surface area (Å²) in [4.78, 5) is 25.7. The van der Waals surface area contributed by atoms with Crippen LogP contribution in [0, 0.1) is 0 Å². The topological polar surface area (TPSA) is 74.0 Å². The number of anilines is 1. The van der Waals surface area contributed by atoms with E-state index in [1.54, 1.807) is 6.07 Å². The smallest absolute Gasteiger partial charge is 0.271 e. The van der Waals surface area contributed by atoms with Crippen LogP contribution >= 0.6 is 15.9 Å². The van der Waals surface area contributed by atoms with Gasteiger partial charge in [-0.2, -0.15) is 0 Å². The van der Waals surface area contributed by atoms with Crippen LogP contribution in [-0.2, 0) is 4.79 Å². The van der Waals surface area contributed by atoms with Gasteiger partial charge in [-0.05, 0) is 41.4 Å². The quantitative estimate of drug-likeness (QED) is 0.754. The lowest BCUT2D eigenvalue weighted by molar-refractivity contribution is -0.117. The van der Waals surface area contributed by atoms with Crippen molar-refractivity contribution in [2.75, 3.05) is 11.9 Å². The fraction of sp³-hybridized carbons (Fsp3) is 0.400. The summed E-state index contributed by atoms with van der Waals surface area (Å²) in [7, 11) is 0. The van der Waals surface area contributed by atoms with E-state index in [-0.39, 0.29) is 23.2 Å². The number of nitrogens with one attached hydrogen (secondary N) is 3. The summed E-state index contributed by atoms with van der Waals surface area (Å²) in [5.74, 6) is -0.152. The molecule has 0 aliphatic carbocycles. The minimum Gasteiger partial charge on any atom is -0.326 e. The van der Waals surface area contributed by atoms with Gasteiger partial charge in [0.25, 0.3) is 5.56 Å². The monoisotopic (exact) mass is 285 g/mol. The highest BCUT2D eigenvalue weighted by Crippen LogP contribution is 2.12. The van der Waals surface area contributed by atoms with E-state index >= 15 is 0 Å². The van der Waals surface area contributed by atoms with Crippen molar-refractivity contribution in [2.45, 2.75) is 18.9 Å². The van der Waals surface area contributed by atoms with Crippen LogP contribution in [0.4, 0.5) is 5.69 Å². The number of halogens is 1. The zero-order valence-corrected chi connectivity index (χ0v) is 10.1. The molecule has 0 saturated carbocycles. The van der Waals surface area contributed by atoms with Crippen molar-refractivity contribution in [1.29, 1.82) is 0 Å². The highest BCUT2D eigenvalue weighted by Gasteiger charge is 2.22. The van der Waals surface area contributed by atoms with Crippen LogP contribution in [-0.4, -0.2) is 23.5 Å². The van der Waals surface area contributed by atoms with Gasteiger partial charge in [0, 0.05) is 10.7 Å². The lowest BCUT2D eigenvalue weighted by Crippen LogP contribution is -2.36. The lowest BCUT2D eigenvalue weighted by atomic mass is 10.2. The maximum Gasteiger partial charge on any atom is 0.271 e. The normalized spacial score (nSPS) is 19.7. The van der Waals surface area contributed by atoms with Crippen molar-refractivity contribution in [3.05, 3.63) is 27.1 Å². The Morgan fingerprint density at radius 3 is 3.06 bits per heavy atom. The van der Waals surface area contributed by atoms with Crippen molar-refractivity contribution in [2.24, 2.45) is 0 Å². The molecule has 3 N–H and O–H groups in total. The van der Waals surface area contributed by atoms with Gasteiger partial charge in [0.05, 0.1) is 6.04 Å². The molecule has 2 rings (SSSR count). The summed E-state index contributed by atoms with van der Waals surface area (Å²) in [6.45, 7) is 0.854. The predicted molar refractivity (Wildman–Crippen MR) is 64.4 cm³/mol. The van der Waals surface area contributed by atoms with E-state index in [4.69, 9.17) is 0 Å². The second kappa shape index (κ2) is 4.80. The third-order valence-electron chi connectivity index (χ3n) is 2.50. The first-order chi connectivity index (χ1) is 7.66. The molecule has 0 spiro atoms. The number of H-pyrrole nitrogens is 1. The lowest BCUT2D eigenvalue weighted by Gasteiger charge is -2.10. The average Bonchev–Trinajstić information content (AvgIpc) is 2.76. The minimum atomic E-state index is -0.297. The van der Waals surface area contributed by atoms with E-state index in [0.29, 0.717) is 0 Å². The number of rotatable bonds is 2. The molecule has 1 aromatic rings. The van der Waals surface area contributed by atoms with Crippen molar-refractivity contribution < 1.29 is 4.79 Å². The van der Waals surface area contributed by atoms with Crippen LogP contribution in [0.15, 0.2) is 21.5 Å². The summed E-state index contributed by atoms with van der Waals surface area (Å²) in [5.41, 5.74) is -0.0254. The van der Waals surface area contributed by atoms with Gasteiger partial charge in [-0.1, -0.05) is 0 Å². The zero-order valence-electron chi connectivity index (χ0n) is 8.55. The number of aromatic nitrogens is 1. The van der Waals surface area contributed by atoms with E-state index in [0.717, 1.165) is 23.9 Å². The largest absolute Gasteiger partial charge is 0.326 e. The molecular formula is C10H12BrN3O2. The summed E-state index contributed by atoms with van der Waals surface area (Å²) >= 11 is 3.23. The highest BCUT2D eigenvalue weighted by molar-refractivity contribution is 9.10. The molecule has 2 heterocycles. The first-order valence-electron chi connectivity index (χ1n) is 5.09. The Hall–Kier alpha value is -1.14. The molecule has 1 atom stereocenters. The van der Waals surface area contributed by atoms with Gasteiger partial charge in [-0.3, -0.25) is 9.59 Å². The van der Waals surface area contributed by atoms with E-state index in [1.807, 2.05) is 0 Å². The van der Waals surface area contributed by atoms with Gasteiger partial charge >= 0.3 is 0 Å². The van der Waals surface area contributed by atoms with Gasteiger partial charge in [-0.25, -0.2) is 0 Å². The number of hydrogen-bond acceptors (Lipinski definition) is 3. The molecule has 1 aliphatic heterocycles. The summed E-state index contributed by atoms with van der Waals surface area (Å²) < 4.78 is 0.724. The Morgan fingerprint density at radius 2 is 2.38 bits per heavy atom. The predicted octanol–water partition coefficient (Wildman–Crippen LogP) is 0.828. The molecule has 5 nitrogen and oxygen atoms in total. The van der Waals surface area contributed by atoms with Crippen LogP contribution < -0.4 is 16.2 Å². The number of amides is 1. The second-order valence-corrected chi connectivity index (χ2v) is 4.61. The SMILES string of the molecule is O=C(Nc1cc(Br)c[nH]c1=O)C1CCCN1. The van der Waals surface area contributed by atoms with Crippen LogP contribution in [0.5, 0.6) is 0 Å². The highest BCUT2D eigenvalue weighted by atomic mass is 79.9. The zero-order chi connectivity index (χ0) is 11.5. The maximum absolute atomic E-state index is 11.7. The maximum atomic E-state index is 11.7. The molecule has 16 heavy (non-hydrogen) atoms. The van der Waals surface area contributed by atoms with E-state index in [2.05, 4.69) is 31.5 Å². The van der Waals surface area contributed by atoms with E-state index in [9.17, 15) is 9.59 Å². The number of hydrogen-bond donors (Lipinski definition) is 3. The molecular weight excluding hydrogens is 274 g/mol. The molecule has 1 unspecified atom stereocenters. The number of pyridine rings is 1. The van der Waals surface area contributed by atoms with Crippen molar-refractivity contribution >= 4 is 27.5 Å². The van der Waals surface area contributed by atoms with Crippen LogP contribution in [0.25, 0.3) is 0 Å². The van der Waals surface area contributed by atoms with E-state index < -0.39 is 0 Å². The molecule has 0 radical (unpaired) electrons. The first-order valence-corrected chi connectivity index (χ1v) is 5.88. The Balaban J connectivity index is 2.11. The molecule has 0 bridgehead atoms. The standard InChI is InChI=1S/C10H12BrN3O2/c11-6-4-8(9(15)13-5-6)14-10(16)7-2-1-3-12-7/h4-5,7,12H,1-3H2,(H,13,15)(H,14,16). The van der Waals surface area contributed by atoms with E-state index in [1.165, 1.54) is 6.20 Å². The Bertz CT molecular complexity index is 452. The molecule has 1 aromatic heterocycles. The van der Waals surface area contributed by atoms with Gasteiger partial charge < -0.3 is 15.6 Å². The van der Waals surface area contributed by atoms with Crippen LogP contribution in [0.3, 0.4) is 0 Å². The third-order valence-corrected chi connectivity index (χ3v) is 2.96. The molecule has 1 saturated heterocycles. The first kappa shape index (κ1) is 11.3. The molecule has 1 aliphatic rings. The molecule has 6 heteroatoms. The number of carbonyl (C=O) groups excluding carboxylic acids is 1. The van der Waals surface area contributed by atoms with Crippen LogP contribution in [0.1, 0.15) is 12.8 Å². The average molecular weight is 286 g/mol. The minimum absolute atomic E-state index is 0.152. The second-order valence-electron chi connectivity index (χ2n) is 3.70. The van der Waals surface area contributed by atoms with Crippen molar-refractivity contribution in [3.8, 4) is 0 Å². The molecule has 86 valence electrons. The van der Waals surface area contributed by atoms with Crippen LogP contribution in [0.2, 0.25) is 0 Å². The molecule has 1 fully saturated rings. The fourth-order valence-corrected chi connectivity index (χ4v) is 2.02. The molecule has 0 aromatic carbocycles.